The Hall–Kier alpha value is -9.27. The van der Waals surface area contributed by atoms with Gasteiger partial charge in [0.05, 0.1) is 29.3 Å². The number of carbonyl (C=O) groups is 9. The van der Waals surface area contributed by atoms with E-state index < -0.39 is 35.4 Å². The summed E-state index contributed by atoms with van der Waals surface area (Å²) in [7, 11) is 13.6. The van der Waals surface area contributed by atoms with Crippen LogP contribution in [0.4, 0.5) is 34.4 Å². The standard InChI is InChI=1S/C47H60N18O9/c1-27(66)51-36-25-64(8)41(56-36)47(74)58-37-26-65(9)40(57-37)46(73)55-31-18-32(60(4)24-31)42(69)49-13-10-12-38(67)52-28-16-34(62(6)21-28)44(71)54-30-19-35(63(7)23-30)45(72)53-29-17-33(61(5)22-29)43(70)50-20-39(68)48-14-11-15-59(2)3/h16-19,21-26H,10-15,20H2,1-9H3,(H,48,68)(H,49,69)(H,50,70)(H,51,66)(H,52,67)(H,53,72)(H,54,71)(H,55,73)(H,58,74). The maximum absolute atomic E-state index is 13.3. The molecule has 27 heteroatoms. The third kappa shape index (κ3) is 14.2. The summed E-state index contributed by atoms with van der Waals surface area (Å²) in [5.41, 5.74) is 2.21. The van der Waals surface area contributed by atoms with Gasteiger partial charge in [0.1, 0.15) is 22.8 Å². The second-order valence-electron chi connectivity index (χ2n) is 17.6. The molecule has 0 fully saturated rings. The Morgan fingerprint density at radius 1 is 0.446 bits per heavy atom. The lowest BCUT2D eigenvalue weighted by Gasteiger charge is -2.10. The Balaban J connectivity index is 0.923. The molecule has 6 aromatic rings. The lowest BCUT2D eigenvalue weighted by atomic mass is 10.2. The van der Waals surface area contributed by atoms with Crippen LogP contribution in [0.3, 0.4) is 0 Å². The van der Waals surface area contributed by atoms with Crippen LogP contribution in [-0.2, 0) is 56.7 Å². The molecule has 0 unspecified atom stereocenters. The van der Waals surface area contributed by atoms with Crippen LogP contribution in [0.5, 0.6) is 0 Å². The van der Waals surface area contributed by atoms with E-state index in [-0.39, 0.29) is 89.7 Å². The average Bonchev–Trinajstić information content (AvgIpc) is 4.19. The monoisotopic (exact) mass is 1020 g/mol. The first-order valence-corrected chi connectivity index (χ1v) is 23.1. The van der Waals surface area contributed by atoms with E-state index in [0.29, 0.717) is 29.3 Å². The first kappa shape index (κ1) is 54.1. The number of aryl methyl sites for hydroxylation is 6. The first-order chi connectivity index (χ1) is 35.0. The van der Waals surface area contributed by atoms with Crippen LogP contribution in [-0.4, -0.2) is 136 Å². The molecule has 6 rings (SSSR count). The van der Waals surface area contributed by atoms with Gasteiger partial charge in [-0.2, -0.15) is 0 Å². The number of rotatable bonds is 22. The zero-order valence-electron chi connectivity index (χ0n) is 42.4. The van der Waals surface area contributed by atoms with Crippen LogP contribution in [0.2, 0.25) is 0 Å². The fourth-order valence-corrected chi connectivity index (χ4v) is 7.54. The van der Waals surface area contributed by atoms with Crippen LogP contribution in [0, 0.1) is 0 Å². The number of hydrogen-bond acceptors (Lipinski definition) is 12. The molecule has 0 radical (unpaired) electrons. The number of imidazole rings is 2. The van der Waals surface area contributed by atoms with E-state index in [1.807, 2.05) is 19.0 Å². The lowest BCUT2D eigenvalue weighted by Crippen LogP contribution is -2.38. The Morgan fingerprint density at radius 3 is 1.32 bits per heavy atom. The number of hydrogen-bond donors (Lipinski definition) is 9. The summed E-state index contributed by atoms with van der Waals surface area (Å²) in [6.45, 7) is 2.56. The zero-order valence-corrected chi connectivity index (χ0v) is 42.4. The fourth-order valence-electron chi connectivity index (χ4n) is 7.54. The maximum Gasteiger partial charge on any atom is 0.292 e. The van der Waals surface area contributed by atoms with Gasteiger partial charge in [0, 0.05) is 106 Å². The molecular formula is C47H60N18O9. The number of anilines is 6. The molecule has 9 N–H and O–H groups in total. The normalized spacial score (nSPS) is 10.9. The molecule has 0 atom stereocenters. The van der Waals surface area contributed by atoms with Gasteiger partial charge >= 0.3 is 0 Å². The summed E-state index contributed by atoms with van der Waals surface area (Å²) < 4.78 is 8.95. The van der Waals surface area contributed by atoms with Crippen molar-refractivity contribution in [2.45, 2.75) is 26.2 Å². The second-order valence-corrected chi connectivity index (χ2v) is 17.6. The summed E-state index contributed by atoms with van der Waals surface area (Å²) >= 11 is 0. The summed E-state index contributed by atoms with van der Waals surface area (Å²) in [4.78, 5) is 125. The van der Waals surface area contributed by atoms with Crippen LogP contribution in [0.1, 0.15) is 89.4 Å². The minimum atomic E-state index is -0.619. The smallest absolute Gasteiger partial charge is 0.292 e. The Kier molecular flexibility index (Phi) is 17.4. The number of aromatic nitrogens is 8. The van der Waals surface area contributed by atoms with E-state index in [1.54, 1.807) is 67.1 Å². The number of nitrogens with one attached hydrogen (secondary N) is 9. The predicted octanol–water partition coefficient (Wildman–Crippen LogP) is 1.42. The van der Waals surface area contributed by atoms with E-state index in [0.717, 1.165) is 13.0 Å². The first-order valence-electron chi connectivity index (χ1n) is 23.1. The molecule has 392 valence electrons. The Labute approximate surface area is 424 Å². The topological polar surface area (TPSA) is 320 Å². The van der Waals surface area contributed by atoms with Crippen LogP contribution in [0.25, 0.3) is 0 Å². The highest BCUT2D eigenvalue weighted by molar-refractivity contribution is 6.08. The molecule has 0 aliphatic heterocycles. The van der Waals surface area contributed by atoms with E-state index in [2.05, 4.69) is 57.8 Å². The van der Waals surface area contributed by atoms with Gasteiger partial charge in [-0.3, -0.25) is 43.2 Å². The van der Waals surface area contributed by atoms with Crippen molar-refractivity contribution >= 4 is 87.5 Å². The third-order valence-electron chi connectivity index (χ3n) is 11.1. The van der Waals surface area contributed by atoms with Gasteiger partial charge in [-0.15, -0.1) is 0 Å². The zero-order chi connectivity index (χ0) is 54.0. The molecule has 6 heterocycles. The Morgan fingerprint density at radius 2 is 0.851 bits per heavy atom. The van der Waals surface area contributed by atoms with Crippen molar-refractivity contribution < 1.29 is 43.2 Å². The van der Waals surface area contributed by atoms with Gasteiger partial charge in [-0.1, -0.05) is 0 Å². The van der Waals surface area contributed by atoms with E-state index in [1.165, 1.54) is 71.0 Å². The molecule has 0 aromatic carbocycles. The summed E-state index contributed by atoms with van der Waals surface area (Å²) in [5, 5.41) is 24.2. The second kappa shape index (κ2) is 23.8. The highest BCUT2D eigenvalue weighted by Gasteiger charge is 2.23. The molecule has 0 bridgehead atoms. The molecule has 27 nitrogen and oxygen atoms in total. The third-order valence-corrected chi connectivity index (χ3v) is 11.1. The minimum absolute atomic E-state index is 0.000552. The van der Waals surface area contributed by atoms with Crippen molar-refractivity contribution in [2.75, 3.05) is 72.2 Å². The van der Waals surface area contributed by atoms with Gasteiger partial charge in [-0.05, 0) is 57.7 Å². The van der Waals surface area contributed by atoms with Crippen LogP contribution >= 0.6 is 0 Å². The largest absolute Gasteiger partial charge is 0.355 e. The molecule has 0 saturated heterocycles. The molecule has 74 heavy (non-hydrogen) atoms. The maximum atomic E-state index is 13.3. The molecule has 0 saturated carbocycles. The quantitative estimate of drug-likeness (QED) is 0.0437. The fraction of sp³-hybridized carbons (Fsp3) is 0.340. The van der Waals surface area contributed by atoms with Gasteiger partial charge < -0.3 is 80.2 Å². The summed E-state index contributed by atoms with van der Waals surface area (Å²) in [6.07, 6.45) is 10.2. The molecule has 0 aliphatic carbocycles. The summed E-state index contributed by atoms with van der Waals surface area (Å²) in [6, 6.07) is 5.95. The number of amides is 9. The van der Waals surface area contributed by atoms with E-state index in [9.17, 15) is 43.2 Å². The van der Waals surface area contributed by atoms with Crippen molar-refractivity contribution in [3.8, 4) is 0 Å². The number of carbonyl (C=O) groups excluding carboxylic acids is 9. The van der Waals surface area contributed by atoms with E-state index in [4.69, 9.17) is 0 Å². The average molecular weight is 1020 g/mol. The van der Waals surface area contributed by atoms with Crippen molar-refractivity contribution in [1.29, 1.82) is 0 Å². The van der Waals surface area contributed by atoms with Crippen molar-refractivity contribution in [3.63, 3.8) is 0 Å². The van der Waals surface area contributed by atoms with Crippen LogP contribution < -0.4 is 47.9 Å². The SMILES string of the molecule is CC(=O)Nc1cn(C)c(C(=O)Nc2cn(C)c(C(=O)Nc3cc(C(=O)NCCCC(=O)Nc4cc(C(=O)Nc5cc(C(=O)Nc6cc(C(=O)NCC(=O)NCCCN(C)C)n(C)c6)n(C)c5)n(C)c4)n(C)c3)n2)n1. The van der Waals surface area contributed by atoms with Gasteiger partial charge in [0.25, 0.3) is 35.4 Å². The van der Waals surface area contributed by atoms with Gasteiger partial charge in [-0.25, -0.2) is 9.97 Å². The van der Waals surface area contributed by atoms with Gasteiger partial charge in [0.2, 0.25) is 29.4 Å². The van der Waals surface area contributed by atoms with Crippen molar-refractivity contribution in [2.24, 2.45) is 42.3 Å². The molecule has 0 spiro atoms. The molecular weight excluding hydrogens is 961 g/mol. The highest BCUT2D eigenvalue weighted by atomic mass is 16.2. The molecule has 6 aromatic heterocycles. The number of nitrogens with zero attached hydrogens (tertiary/aromatic N) is 9. The van der Waals surface area contributed by atoms with E-state index >= 15 is 0 Å². The minimum Gasteiger partial charge on any atom is -0.355 e. The predicted molar refractivity (Wildman–Crippen MR) is 273 cm³/mol. The molecule has 9 amide bonds. The lowest BCUT2D eigenvalue weighted by molar-refractivity contribution is -0.120. The van der Waals surface area contributed by atoms with Crippen LogP contribution in [0.15, 0.2) is 61.4 Å². The molecule has 0 aliphatic rings. The van der Waals surface area contributed by atoms with Crippen molar-refractivity contribution in [1.82, 2.24) is 58.2 Å². The van der Waals surface area contributed by atoms with Crippen molar-refractivity contribution in [3.05, 3.63) is 95.9 Å². The summed E-state index contributed by atoms with van der Waals surface area (Å²) in [5.74, 6) is -3.97. The van der Waals surface area contributed by atoms with Gasteiger partial charge in [0.15, 0.2) is 11.6 Å². The Bertz CT molecular complexity index is 3120. The highest BCUT2D eigenvalue weighted by Crippen LogP contribution is 2.21.